The molecule has 1 N–H and O–H groups in total. The highest BCUT2D eigenvalue weighted by atomic mass is 16.5. The summed E-state index contributed by atoms with van der Waals surface area (Å²) >= 11 is 0. The molecule has 0 aromatic heterocycles. The fraction of sp³-hybridized carbons (Fsp3) is 0.250. The van der Waals surface area contributed by atoms with Gasteiger partial charge in [-0.25, -0.2) is 0 Å². The summed E-state index contributed by atoms with van der Waals surface area (Å²) in [6, 6.07) is 21.2. The highest BCUT2D eigenvalue weighted by molar-refractivity contribution is 6.15. The Labute approximate surface area is 199 Å². The Balaban J connectivity index is 1.29. The number of carbonyl (C=O) groups is 1. The van der Waals surface area contributed by atoms with Crippen molar-refractivity contribution in [2.24, 2.45) is 0 Å². The zero-order chi connectivity index (χ0) is 23.5. The lowest BCUT2D eigenvalue weighted by atomic mass is 10.0. The first-order valence-corrected chi connectivity index (χ1v) is 11.5. The van der Waals surface area contributed by atoms with Gasteiger partial charge in [0.25, 0.3) is 0 Å². The Morgan fingerprint density at radius 2 is 1.68 bits per heavy atom. The lowest BCUT2D eigenvalue weighted by Crippen LogP contribution is -2.45. The van der Waals surface area contributed by atoms with E-state index in [-0.39, 0.29) is 17.3 Å². The number of fused-ring (bicyclic) bond motifs is 1. The minimum absolute atomic E-state index is 0.154. The van der Waals surface area contributed by atoms with Crippen molar-refractivity contribution in [2.45, 2.75) is 13.1 Å². The highest BCUT2D eigenvalue weighted by Crippen LogP contribution is 2.40. The number of rotatable bonds is 6. The number of hydrogen-bond acceptors (Lipinski definition) is 6. The van der Waals surface area contributed by atoms with Crippen LogP contribution in [0.25, 0.3) is 6.08 Å². The number of allylic oxidation sites excluding steroid dienone is 1. The van der Waals surface area contributed by atoms with Crippen molar-refractivity contribution in [3.05, 3.63) is 94.7 Å². The van der Waals surface area contributed by atoms with Gasteiger partial charge in [-0.3, -0.25) is 14.6 Å². The molecule has 0 amide bonds. The van der Waals surface area contributed by atoms with Crippen LogP contribution < -0.4 is 9.47 Å². The van der Waals surface area contributed by atoms with E-state index in [2.05, 4.69) is 34.1 Å². The van der Waals surface area contributed by atoms with Gasteiger partial charge in [-0.05, 0) is 41.5 Å². The molecule has 34 heavy (non-hydrogen) atoms. The van der Waals surface area contributed by atoms with Crippen LogP contribution in [0.2, 0.25) is 0 Å². The molecular formula is C28H28N2O4. The maximum Gasteiger partial charge on any atom is 0.231 e. The van der Waals surface area contributed by atoms with E-state index in [1.54, 1.807) is 25.3 Å². The van der Waals surface area contributed by atoms with Gasteiger partial charge in [0.15, 0.2) is 5.76 Å². The summed E-state index contributed by atoms with van der Waals surface area (Å²) in [6.45, 7) is 5.15. The SMILES string of the molecule is COc1cccc(/C=C2\Oc3c(ccc(O)c3CN3CCN(Cc4ccccc4)CC3)C2=O)c1. The molecule has 0 aliphatic carbocycles. The number of methoxy groups -OCH3 is 1. The van der Waals surface area contributed by atoms with Crippen molar-refractivity contribution in [3.63, 3.8) is 0 Å². The average molecular weight is 457 g/mol. The maximum atomic E-state index is 13.0. The number of phenols is 1. The van der Waals surface area contributed by atoms with Crippen LogP contribution in [0.3, 0.4) is 0 Å². The van der Waals surface area contributed by atoms with E-state index in [9.17, 15) is 9.90 Å². The first kappa shape index (κ1) is 22.2. The third-order valence-corrected chi connectivity index (χ3v) is 6.40. The first-order chi connectivity index (χ1) is 16.6. The molecule has 2 aliphatic rings. The minimum Gasteiger partial charge on any atom is -0.507 e. The third-order valence-electron chi connectivity index (χ3n) is 6.40. The molecule has 6 nitrogen and oxygen atoms in total. The largest absolute Gasteiger partial charge is 0.507 e. The summed E-state index contributed by atoms with van der Waals surface area (Å²) in [5.41, 5.74) is 3.29. The second-order valence-corrected chi connectivity index (χ2v) is 8.69. The zero-order valence-corrected chi connectivity index (χ0v) is 19.2. The van der Waals surface area contributed by atoms with E-state index in [0.717, 1.165) is 38.3 Å². The molecule has 0 saturated carbocycles. The van der Waals surface area contributed by atoms with Gasteiger partial charge in [0.05, 0.1) is 18.2 Å². The monoisotopic (exact) mass is 456 g/mol. The minimum atomic E-state index is -0.174. The van der Waals surface area contributed by atoms with Gasteiger partial charge in [0, 0.05) is 39.3 Å². The molecule has 3 aromatic rings. The molecule has 6 heteroatoms. The van der Waals surface area contributed by atoms with Crippen molar-refractivity contribution in [1.29, 1.82) is 0 Å². The molecule has 0 radical (unpaired) electrons. The van der Waals surface area contributed by atoms with E-state index in [1.165, 1.54) is 5.56 Å². The van der Waals surface area contributed by atoms with Gasteiger partial charge in [0.1, 0.15) is 17.2 Å². The van der Waals surface area contributed by atoms with Crippen molar-refractivity contribution in [3.8, 4) is 17.2 Å². The molecule has 2 aliphatic heterocycles. The number of aromatic hydroxyl groups is 1. The summed E-state index contributed by atoms with van der Waals surface area (Å²) in [7, 11) is 1.61. The van der Waals surface area contributed by atoms with E-state index < -0.39 is 0 Å². The van der Waals surface area contributed by atoms with Gasteiger partial charge in [0.2, 0.25) is 5.78 Å². The van der Waals surface area contributed by atoms with Crippen LogP contribution in [0.15, 0.2) is 72.5 Å². The normalized spacial score (nSPS) is 17.6. The highest BCUT2D eigenvalue weighted by Gasteiger charge is 2.32. The number of piperazine rings is 1. The number of phenolic OH excluding ortho intramolecular Hbond substituents is 1. The first-order valence-electron chi connectivity index (χ1n) is 11.5. The Morgan fingerprint density at radius 1 is 0.941 bits per heavy atom. The number of carbonyl (C=O) groups excluding carboxylic acids is 1. The van der Waals surface area contributed by atoms with Gasteiger partial charge >= 0.3 is 0 Å². The lowest BCUT2D eigenvalue weighted by molar-refractivity contribution is 0.101. The second-order valence-electron chi connectivity index (χ2n) is 8.69. The fourth-order valence-corrected chi connectivity index (χ4v) is 4.50. The van der Waals surface area contributed by atoms with Crippen LogP contribution in [0.1, 0.15) is 27.0 Å². The van der Waals surface area contributed by atoms with Crippen molar-refractivity contribution in [2.75, 3.05) is 33.3 Å². The molecule has 0 bridgehead atoms. The molecule has 174 valence electrons. The van der Waals surface area contributed by atoms with Gasteiger partial charge in [-0.2, -0.15) is 0 Å². The second kappa shape index (κ2) is 9.71. The molecule has 1 fully saturated rings. The van der Waals surface area contributed by atoms with Crippen molar-refractivity contribution in [1.82, 2.24) is 9.80 Å². The van der Waals surface area contributed by atoms with Gasteiger partial charge < -0.3 is 14.6 Å². The van der Waals surface area contributed by atoms with Crippen molar-refractivity contribution < 1.29 is 19.4 Å². The van der Waals surface area contributed by atoms with E-state index in [4.69, 9.17) is 9.47 Å². The topological polar surface area (TPSA) is 62.2 Å². The Bertz CT molecular complexity index is 1210. The summed E-state index contributed by atoms with van der Waals surface area (Å²) < 4.78 is 11.3. The summed E-state index contributed by atoms with van der Waals surface area (Å²) in [5, 5.41) is 10.6. The van der Waals surface area contributed by atoms with E-state index in [0.29, 0.717) is 29.2 Å². The number of ketones is 1. The van der Waals surface area contributed by atoms with Crippen LogP contribution in [-0.2, 0) is 13.1 Å². The van der Waals surface area contributed by atoms with Gasteiger partial charge in [-0.15, -0.1) is 0 Å². The third kappa shape index (κ3) is 4.69. The molecular weight excluding hydrogens is 428 g/mol. The zero-order valence-electron chi connectivity index (χ0n) is 19.2. The summed E-state index contributed by atoms with van der Waals surface area (Å²) in [4.78, 5) is 17.7. The lowest BCUT2D eigenvalue weighted by Gasteiger charge is -2.35. The molecule has 0 spiro atoms. The van der Waals surface area contributed by atoms with Gasteiger partial charge in [-0.1, -0.05) is 42.5 Å². The summed E-state index contributed by atoms with van der Waals surface area (Å²) in [6.07, 6.45) is 1.72. The fourth-order valence-electron chi connectivity index (χ4n) is 4.50. The summed E-state index contributed by atoms with van der Waals surface area (Å²) in [5.74, 6) is 1.41. The van der Waals surface area contributed by atoms with E-state index in [1.807, 2.05) is 30.3 Å². The van der Waals surface area contributed by atoms with Crippen LogP contribution in [-0.4, -0.2) is 54.0 Å². The smallest absolute Gasteiger partial charge is 0.231 e. The standard InChI is InChI=1S/C28H28N2O4/c1-33-22-9-5-8-21(16-22)17-26-27(32)23-10-11-25(31)24(28(23)34-26)19-30-14-12-29(13-15-30)18-20-6-3-2-4-7-20/h2-11,16-17,31H,12-15,18-19H2,1H3/b26-17-. The molecule has 5 rings (SSSR count). The molecule has 3 aromatic carbocycles. The number of nitrogens with zero attached hydrogens (tertiary/aromatic N) is 2. The van der Waals surface area contributed by atoms with E-state index >= 15 is 0 Å². The number of ether oxygens (including phenoxy) is 2. The van der Waals surface area contributed by atoms with Crippen LogP contribution in [0.5, 0.6) is 17.2 Å². The number of Topliss-reactive ketones (excluding diaryl/α,β-unsaturated/α-hetero) is 1. The van der Waals surface area contributed by atoms with Crippen LogP contribution >= 0.6 is 0 Å². The quantitative estimate of drug-likeness (QED) is 0.557. The predicted molar refractivity (Wildman–Crippen MR) is 131 cm³/mol. The van der Waals surface area contributed by atoms with Crippen molar-refractivity contribution >= 4 is 11.9 Å². The predicted octanol–water partition coefficient (Wildman–Crippen LogP) is 4.33. The molecule has 0 unspecified atom stereocenters. The average Bonchev–Trinajstić information content (AvgIpc) is 3.18. The van der Waals surface area contributed by atoms with Crippen LogP contribution in [0.4, 0.5) is 0 Å². The molecule has 0 atom stereocenters. The number of hydrogen-bond donors (Lipinski definition) is 1. The Kier molecular flexibility index (Phi) is 6.34. The van der Waals surface area contributed by atoms with Crippen LogP contribution in [0, 0.1) is 0 Å². The Morgan fingerprint density at radius 3 is 2.41 bits per heavy atom. The number of benzene rings is 3. The Hall–Kier alpha value is -3.61. The maximum absolute atomic E-state index is 13.0. The molecule has 1 saturated heterocycles. The molecule has 2 heterocycles.